The lowest BCUT2D eigenvalue weighted by Gasteiger charge is -2.27. The Labute approximate surface area is 118 Å². The molecule has 0 aliphatic carbocycles. The summed E-state index contributed by atoms with van der Waals surface area (Å²) >= 11 is 3.33. The molecule has 100 valence electrons. The predicted molar refractivity (Wildman–Crippen MR) is 72.9 cm³/mol. The number of nitrogens with zero attached hydrogens (tertiary/aromatic N) is 4. The van der Waals surface area contributed by atoms with Crippen molar-refractivity contribution in [1.82, 2.24) is 19.4 Å². The van der Waals surface area contributed by atoms with Crippen LogP contribution in [-0.4, -0.2) is 51.6 Å². The maximum absolute atomic E-state index is 12.6. The number of imidazole rings is 1. The molecule has 1 fully saturated rings. The van der Waals surface area contributed by atoms with Crippen molar-refractivity contribution in [2.45, 2.75) is 0 Å². The summed E-state index contributed by atoms with van der Waals surface area (Å²) in [7, 11) is 1.86. The molecule has 7 heteroatoms. The Morgan fingerprint density at radius 1 is 1.42 bits per heavy atom. The van der Waals surface area contributed by atoms with Crippen LogP contribution in [0.4, 0.5) is 0 Å². The van der Waals surface area contributed by atoms with Crippen molar-refractivity contribution >= 4 is 33.0 Å². The topological polar surface area (TPSA) is 60.2 Å². The normalized spacial score (nSPS) is 16.0. The quantitative estimate of drug-likeness (QED) is 0.740. The number of halogens is 1. The van der Waals surface area contributed by atoms with Crippen LogP contribution in [0.1, 0.15) is 10.4 Å². The molecule has 19 heavy (non-hydrogen) atoms. The highest BCUT2D eigenvalue weighted by molar-refractivity contribution is 9.10. The fourth-order valence-corrected chi connectivity index (χ4v) is 2.63. The molecule has 1 aliphatic heterocycles. The van der Waals surface area contributed by atoms with Crippen LogP contribution < -0.4 is 0 Å². The number of ether oxygens (including phenoxy) is 1. The van der Waals surface area contributed by atoms with Crippen LogP contribution in [0.15, 0.2) is 17.0 Å². The van der Waals surface area contributed by atoms with Crippen molar-refractivity contribution in [3.05, 3.63) is 22.6 Å². The molecule has 3 heterocycles. The summed E-state index contributed by atoms with van der Waals surface area (Å²) in [6.45, 7) is 2.43. The van der Waals surface area contributed by atoms with Gasteiger partial charge in [0.2, 0.25) is 0 Å². The molecule has 2 aromatic rings. The van der Waals surface area contributed by atoms with Crippen molar-refractivity contribution < 1.29 is 9.53 Å². The van der Waals surface area contributed by atoms with Gasteiger partial charge in [0.05, 0.1) is 25.1 Å². The zero-order chi connectivity index (χ0) is 13.4. The first-order valence-corrected chi connectivity index (χ1v) is 6.80. The summed E-state index contributed by atoms with van der Waals surface area (Å²) in [5.74, 6) is 0.000000000000000666. The molecule has 0 bridgehead atoms. The van der Waals surface area contributed by atoms with Crippen molar-refractivity contribution in [3.8, 4) is 0 Å². The van der Waals surface area contributed by atoms with Gasteiger partial charge < -0.3 is 14.2 Å². The molecule has 0 atom stereocenters. The van der Waals surface area contributed by atoms with E-state index >= 15 is 0 Å². The molecule has 1 aliphatic rings. The number of carbonyl (C=O) groups excluding carboxylic acids is 1. The number of morpholine rings is 1. The first-order valence-electron chi connectivity index (χ1n) is 6.01. The number of hydrogen-bond donors (Lipinski definition) is 0. The third kappa shape index (κ3) is 2.23. The number of aryl methyl sites for hydroxylation is 1. The predicted octanol–water partition coefficient (Wildman–Crippen LogP) is 1.20. The molecular weight excluding hydrogens is 312 g/mol. The van der Waals surface area contributed by atoms with Crippen LogP contribution in [0, 0.1) is 0 Å². The van der Waals surface area contributed by atoms with Gasteiger partial charge in [-0.25, -0.2) is 9.97 Å². The minimum absolute atomic E-state index is 0.000000000000000666. The minimum Gasteiger partial charge on any atom is -0.378 e. The molecule has 0 unspecified atom stereocenters. The standard InChI is InChI=1S/C12H13BrN4O2/c1-16-7-14-11-10(16)8(6-9(13)15-11)12(18)17-2-4-19-5-3-17/h6-7H,2-5H2,1H3. The minimum atomic E-state index is 0.000000000000000666. The molecule has 0 aromatic carbocycles. The maximum Gasteiger partial charge on any atom is 0.256 e. The highest BCUT2D eigenvalue weighted by atomic mass is 79.9. The van der Waals surface area contributed by atoms with Crippen LogP contribution in [0.2, 0.25) is 0 Å². The van der Waals surface area contributed by atoms with Gasteiger partial charge in [0, 0.05) is 20.1 Å². The number of pyridine rings is 1. The van der Waals surface area contributed by atoms with E-state index in [4.69, 9.17) is 4.74 Å². The zero-order valence-corrected chi connectivity index (χ0v) is 12.1. The molecule has 0 N–H and O–H groups in total. The Morgan fingerprint density at radius 3 is 2.89 bits per heavy atom. The molecule has 6 nitrogen and oxygen atoms in total. The van der Waals surface area contributed by atoms with Gasteiger partial charge in [0.25, 0.3) is 5.91 Å². The summed E-state index contributed by atoms with van der Waals surface area (Å²) in [5, 5.41) is 0. The van der Waals surface area contributed by atoms with Gasteiger partial charge in [-0.05, 0) is 22.0 Å². The van der Waals surface area contributed by atoms with Crippen LogP contribution in [0.3, 0.4) is 0 Å². The number of hydrogen-bond acceptors (Lipinski definition) is 4. The zero-order valence-electron chi connectivity index (χ0n) is 10.5. The molecule has 1 amide bonds. The Kier molecular flexibility index (Phi) is 3.24. The highest BCUT2D eigenvalue weighted by Crippen LogP contribution is 2.21. The summed E-state index contributed by atoms with van der Waals surface area (Å²) in [4.78, 5) is 22.9. The number of amides is 1. The van der Waals surface area contributed by atoms with E-state index < -0.39 is 0 Å². The Bertz CT molecular complexity index is 634. The van der Waals surface area contributed by atoms with Crippen molar-refractivity contribution in [3.63, 3.8) is 0 Å². The summed E-state index contributed by atoms with van der Waals surface area (Å²) in [6.07, 6.45) is 1.67. The molecule has 0 radical (unpaired) electrons. The van der Waals surface area contributed by atoms with Gasteiger partial charge in [-0.3, -0.25) is 4.79 Å². The van der Waals surface area contributed by atoms with Gasteiger partial charge in [-0.1, -0.05) is 0 Å². The third-order valence-corrected chi connectivity index (χ3v) is 3.58. The number of aromatic nitrogens is 3. The van der Waals surface area contributed by atoms with Gasteiger partial charge in [-0.2, -0.15) is 0 Å². The Morgan fingerprint density at radius 2 is 2.16 bits per heavy atom. The van der Waals surface area contributed by atoms with Crippen molar-refractivity contribution in [1.29, 1.82) is 0 Å². The third-order valence-electron chi connectivity index (χ3n) is 3.18. The fraction of sp³-hybridized carbons (Fsp3) is 0.417. The van der Waals surface area contributed by atoms with E-state index in [1.165, 1.54) is 0 Å². The maximum atomic E-state index is 12.6. The average Bonchev–Trinajstić information content (AvgIpc) is 2.79. The van der Waals surface area contributed by atoms with E-state index in [0.717, 1.165) is 5.52 Å². The van der Waals surface area contributed by atoms with Gasteiger partial charge in [0.1, 0.15) is 10.1 Å². The van der Waals surface area contributed by atoms with Gasteiger partial charge >= 0.3 is 0 Å². The molecule has 0 saturated carbocycles. The van der Waals surface area contributed by atoms with Crippen LogP contribution in [0.5, 0.6) is 0 Å². The van der Waals surface area contributed by atoms with Crippen LogP contribution in [-0.2, 0) is 11.8 Å². The molecule has 2 aromatic heterocycles. The van der Waals surface area contributed by atoms with Crippen molar-refractivity contribution in [2.75, 3.05) is 26.3 Å². The van der Waals surface area contributed by atoms with Gasteiger partial charge in [0.15, 0.2) is 5.65 Å². The van der Waals surface area contributed by atoms with E-state index in [1.807, 2.05) is 11.6 Å². The lowest BCUT2D eigenvalue weighted by molar-refractivity contribution is 0.0304. The molecule has 0 spiro atoms. The van der Waals surface area contributed by atoms with E-state index in [2.05, 4.69) is 25.9 Å². The number of carbonyl (C=O) groups is 1. The fourth-order valence-electron chi connectivity index (χ4n) is 2.23. The smallest absolute Gasteiger partial charge is 0.256 e. The Hall–Kier alpha value is -1.47. The lowest BCUT2D eigenvalue weighted by Crippen LogP contribution is -2.40. The number of rotatable bonds is 1. The van der Waals surface area contributed by atoms with E-state index in [1.54, 1.807) is 17.3 Å². The average molecular weight is 325 g/mol. The van der Waals surface area contributed by atoms with Crippen LogP contribution in [0.25, 0.3) is 11.2 Å². The summed E-state index contributed by atoms with van der Waals surface area (Å²) in [6, 6.07) is 1.75. The summed E-state index contributed by atoms with van der Waals surface area (Å²) < 4.78 is 7.72. The first kappa shape index (κ1) is 12.6. The molecular formula is C12H13BrN4O2. The SMILES string of the molecule is Cn1cnc2nc(Br)cc(C(=O)N3CCOCC3)c21. The second-order valence-electron chi connectivity index (χ2n) is 4.42. The van der Waals surface area contributed by atoms with E-state index in [0.29, 0.717) is 42.1 Å². The van der Waals surface area contributed by atoms with Crippen molar-refractivity contribution in [2.24, 2.45) is 7.05 Å². The van der Waals surface area contributed by atoms with Crippen LogP contribution >= 0.6 is 15.9 Å². The Balaban J connectivity index is 2.07. The lowest BCUT2D eigenvalue weighted by atomic mass is 10.2. The number of fused-ring (bicyclic) bond motifs is 1. The van der Waals surface area contributed by atoms with Gasteiger partial charge in [-0.15, -0.1) is 0 Å². The second-order valence-corrected chi connectivity index (χ2v) is 5.24. The monoisotopic (exact) mass is 324 g/mol. The van der Waals surface area contributed by atoms with E-state index in [-0.39, 0.29) is 5.91 Å². The molecule has 1 saturated heterocycles. The highest BCUT2D eigenvalue weighted by Gasteiger charge is 2.22. The second kappa shape index (κ2) is 4.90. The summed E-state index contributed by atoms with van der Waals surface area (Å²) in [5.41, 5.74) is 1.96. The first-order chi connectivity index (χ1) is 9.16. The van der Waals surface area contributed by atoms with E-state index in [9.17, 15) is 4.79 Å². The largest absolute Gasteiger partial charge is 0.378 e. The molecule has 3 rings (SSSR count).